The van der Waals surface area contributed by atoms with E-state index in [9.17, 15) is 18.7 Å². The van der Waals surface area contributed by atoms with E-state index in [2.05, 4.69) is 4.98 Å². The molecular formula is C11H11F2N3O4. The number of aliphatic hydroxyl groups is 2. The molecule has 108 valence electrons. The van der Waals surface area contributed by atoms with Gasteiger partial charge < -0.3 is 20.7 Å². The molecule has 0 saturated carbocycles. The van der Waals surface area contributed by atoms with Crippen molar-refractivity contribution in [2.24, 2.45) is 0 Å². The van der Waals surface area contributed by atoms with Crippen LogP contribution in [0.3, 0.4) is 0 Å². The molecular weight excluding hydrogens is 276 g/mol. The molecule has 2 rings (SSSR count). The number of nitrogens with two attached hydrogens (primary N) is 1. The average Bonchev–Trinajstić information content (AvgIpc) is 2.68. The zero-order chi connectivity index (χ0) is 15.1. The Bertz CT molecular complexity index is 629. The highest BCUT2D eigenvalue weighted by molar-refractivity contribution is 5.27. The third kappa shape index (κ3) is 1.94. The van der Waals surface area contributed by atoms with Crippen LogP contribution < -0.4 is 11.4 Å². The largest absolute Gasteiger partial charge is 0.392 e. The second-order valence-corrected chi connectivity index (χ2v) is 4.25. The van der Waals surface area contributed by atoms with Crippen LogP contribution in [-0.4, -0.2) is 44.2 Å². The number of terminal acetylenes is 1. The Labute approximate surface area is 111 Å². The van der Waals surface area contributed by atoms with Gasteiger partial charge in [0, 0.05) is 0 Å². The van der Waals surface area contributed by atoms with E-state index < -0.39 is 48.0 Å². The highest BCUT2D eigenvalue weighted by Gasteiger charge is 2.55. The average molecular weight is 287 g/mol. The molecule has 20 heavy (non-hydrogen) atoms. The van der Waals surface area contributed by atoms with E-state index in [4.69, 9.17) is 22.0 Å². The first-order valence-corrected chi connectivity index (χ1v) is 5.49. The minimum absolute atomic E-state index is 0.480. The molecule has 1 aliphatic rings. The normalized spacial score (nSPS) is 33.0. The Morgan fingerprint density at radius 1 is 1.70 bits per heavy atom. The molecule has 0 aliphatic carbocycles. The van der Waals surface area contributed by atoms with Crippen molar-refractivity contribution in [3.63, 3.8) is 0 Å². The van der Waals surface area contributed by atoms with Crippen LogP contribution in [-0.2, 0) is 4.74 Å². The highest BCUT2D eigenvalue weighted by atomic mass is 19.1. The SMILES string of the molecule is C#CC1(CO)OC(n2cc(F)c(N)nc2=O)C(F)C1O. The van der Waals surface area contributed by atoms with Crippen LogP contribution in [0.5, 0.6) is 0 Å². The van der Waals surface area contributed by atoms with E-state index in [0.29, 0.717) is 10.8 Å². The van der Waals surface area contributed by atoms with E-state index >= 15 is 0 Å². The van der Waals surface area contributed by atoms with Crippen LogP contribution in [0.4, 0.5) is 14.6 Å². The summed E-state index contributed by atoms with van der Waals surface area (Å²) in [5.41, 5.74) is 2.01. The van der Waals surface area contributed by atoms with E-state index in [-0.39, 0.29) is 0 Å². The Morgan fingerprint density at radius 2 is 2.35 bits per heavy atom. The molecule has 0 bridgehead atoms. The van der Waals surface area contributed by atoms with Crippen molar-refractivity contribution < 1.29 is 23.7 Å². The number of nitrogens with zero attached hydrogens (tertiary/aromatic N) is 2. The fraction of sp³-hybridized carbons (Fsp3) is 0.455. The first kappa shape index (κ1) is 14.4. The van der Waals surface area contributed by atoms with Crippen LogP contribution >= 0.6 is 0 Å². The van der Waals surface area contributed by atoms with Gasteiger partial charge in [0.15, 0.2) is 29.6 Å². The van der Waals surface area contributed by atoms with Crippen molar-refractivity contribution in [1.82, 2.24) is 9.55 Å². The molecule has 1 fully saturated rings. The lowest BCUT2D eigenvalue weighted by Gasteiger charge is -2.23. The molecule has 2 heterocycles. The second kappa shape index (κ2) is 4.82. The molecule has 0 aromatic carbocycles. The summed E-state index contributed by atoms with van der Waals surface area (Å²) < 4.78 is 32.9. The maximum Gasteiger partial charge on any atom is 0.351 e. The number of halogens is 2. The lowest BCUT2D eigenvalue weighted by molar-refractivity contribution is -0.0924. The quantitative estimate of drug-likeness (QED) is 0.574. The van der Waals surface area contributed by atoms with Gasteiger partial charge in [0.25, 0.3) is 0 Å². The first-order chi connectivity index (χ1) is 9.36. The third-order valence-electron chi connectivity index (χ3n) is 3.07. The number of nitrogen functional groups attached to an aromatic ring is 1. The Hall–Kier alpha value is -2.02. The van der Waals surface area contributed by atoms with E-state index in [1.807, 2.05) is 5.92 Å². The predicted molar refractivity (Wildman–Crippen MR) is 62.5 cm³/mol. The van der Waals surface area contributed by atoms with Gasteiger partial charge in [0.1, 0.15) is 6.10 Å². The minimum atomic E-state index is -2.15. The van der Waals surface area contributed by atoms with Gasteiger partial charge in [-0.15, -0.1) is 6.42 Å². The summed E-state index contributed by atoms with van der Waals surface area (Å²) in [6, 6.07) is 0. The molecule has 0 radical (unpaired) electrons. The highest BCUT2D eigenvalue weighted by Crippen LogP contribution is 2.38. The summed E-state index contributed by atoms with van der Waals surface area (Å²) in [4.78, 5) is 14.7. The number of hydrogen-bond acceptors (Lipinski definition) is 6. The maximum absolute atomic E-state index is 14.0. The molecule has 4 unspecified atom stereocenters. The molecule has 9 heteroatoms. The lowest BCUT2D eigenvalue weighted by Crippen LogP contribution is -2.44. The van der Waals surface area contributed by atoms with Gasteiger partial charge in [-0.25, -0.2) is 13.6 Å². The van der Waals surface area contributed by atoms with E-state index in [0.717, 1.165) is 0 Å². The molecule has 1 saturated heterocycles. The van der Waals surface area contributed by atoms with Crippen LogP contribution in [0.15, 0.2) is 11.0 Å². The Balaban J connectivity index is 2.48. The fourth-order valence-electron chi connectivity index (χ4n) is 1.91. The Morgan fingerprint density at radius 3 is 2.85 bits per heavy atom. The first-order valence-electron chi connectivity index (χ1n) is 5.49. The molecule has 1 aliphatic heterocycles. The smallest absolute Gasteiger partial charge is 0.351 e. The predicted octanol–water partition coefficient (Wildman–Crippen LogP) is -1.44. The maximum atomic E-state index is 14.0. The molecule has 4 N–H and O–H groups in total. The summed E-state index contributed by atoms with van der Waals surface area (Å²) in [7, 11) is 0. The number of rotatable bonds is 2. The summed E-state index contributed by atoms with van der Waals surface area (Å²) >= 11 is 0. The molecule has 1 aromatic heterocycles. The standard InChI is InChI=1S/C11H11F2N3O4/c1-2-11(4-17)7(18)6(13)9(20-11)16-3-5(12)8(14)15-10(16)19/h1,3,6-7,9,17-18H,4H2,(H2,14,15,19). The molecule has 0 spiro atoms. The number of ether oxygens (including phenoxy) is 1. The second-order valence-electron chi connectivity index (χ2n) is 4.25. The molecule has 0 amide bonds. The number of alkyl halides is 1. The van der Waals surface area contributed by atoms with Gasteiger partial charge in [0.05, 0.1) is 12.8 Å². The van der Waals surface area contributed by atoms with Crippen LogP contribution in [0.2, 0.25) is 0 Å². The van der Waals surface area contributed by atoms with Gasteiger partial charge in [0.2, 0.25) is 0 Å². The summed E-state index contributed by atoms with van der Waals surface area (Å²) in [6.07, 6.45) is -0.0495. The third-order valence-corrected chi connectivity index (χ3v) is 3.07. The van der Waals surface area contributed by atoms with Crippen molar-refractivity contribution in [2.75, 3.05) is 12.3 Å². The number of aromatic nitrogens is 2. The number of aliphatic hydroxyl groups excluding tert-OH is 2. The monoisotopic (exact) mass is 287 g/mol. The van der Waals surface area contributed by atoms with E-state index in [1.54, 1.807) is 0 Å². The Kier molecular flexibility index (Phi) is 3.47. The summed E-state index contributed by atoms with van der Waals surface area (Å²) in [6.45, 7) is -0.874. The van der Waals surface area contributed by atoms with E-state index in [1.165, 1.54) is 0 Å². The van der Waals surface area contributed by atoms with Gasteiger partial charge in [-0.1, -0.05) is 5.92 Å². The summed E-state index contributed by atoms with van der Waals surface area (Å²) in [5, 5.41) is 18.8. The molecule has 1 aromatic rings. The number of hydrogen-bond donors (Lipinski definition) is 3. The minimum Gasteiger partial charge on any atom is -0.392 e. The van der Waals surface area contributed by atoms with Crippen molar-refractivity contribution in [3.05, 3.63) is 22.5 Å². The number of anilines is 1. The van der Waals surface area contributed by atoms with Crippen LogP contribution in [0, 0.1) is 18.2 Å². The van der Waals surface area contributed by atoms with Crippen molar-refractivity contribution in [3.8, 4) is 12.3 Å². The summed E-state index contributed by atoms with van der Waals surface area (Å²) in [5.74, 6) is 0.230. The van der Waals surface area contributed by atoms with Crippen LogP contribution in [0.1, 0.15) is 6.23 Å². The van der Waals surface area contributed by atoms with Crippen molar-refractivity contribution >= 4 is 5.82 Å². The van der Waals surface area contributed by atoms with Crippen molar-refractivity contribution in [1.29, 1.82) is 0 Å². The zero-order valence-corrected chi connectivity index (χ0v) is 10.0. The van der Waals surface area contributed by atoms with Crippen molar-refractivity contribution in [2.45, 2.75) is 24.1 Å². The molecule has 4 atom stereocenters. The van der Waals surface area contributed by atoms with Gasteiger partial charge in [-0.05, 0) is 0 Å². The lowest BCUT2D eigenvalue weighted by atomic mass is 9.98. The van der Waals surface area contributed by atoms with Gasteiger partial charge in [-0.2, -0.15) is 4.98 Å². The molecule has 7 nitrogen and oxygen atoms in total. The zero-order valence-electron chi connectivity index (χ0n) is 10.0. The van der Waals surface area contributed by atoms with Gasteiger partial charge >= 0.3 is 5.69 Å². The van der Waals surface area contributed by atoms with Gasteiger partial charge in [-0.3, -0.25) is 4.57 Å². The van der Waals surface area contributed by atoms with Crippen LogP contribution in [0.25, 0.3) is 0 Å². The topological polar surface area (TPSA) is 111 Å². The fourth-order valence-corrected chi connectivity index (χ4v) is 1.91.